The van der Waals surface area contributed by atoms with E-state index in [0.717, 1.165) is 17.4 Å². The van der Waals surface area contributed by atoms with Crippen molar-refractivity contribution in [3.05, 3.63) is 83.8 Å². The third-order valence-electron chi connectivity index (χ3n) is 4.97. The van der Waals surface area contributed by atoms with Gasteiger partial charge < -0.3 is 4.74 Å². The van der Waals surface area contributed by atoms with Gasteiger partial charge in [-0.2, -0.15) is 0 Å². The number of rotatable bonds is 5. The molecule has 174 valence electrons. The number of nitrogens with one attached hydrogen (secondary N) is 1. The van der Waals surface area contributed by atoms with E-state index in [9.17, 15) is 22.8 Å². The summed E-state index contributed by atoms with van der Waals surface area (Å²) in [5.41, 5.74) is 1.34. The molecule has 0 radical (unpaired) electrons. The zero-order valence-corrected chi connectivity index (χ0v) is 18.4. The molecule has 7 nitrogen and oxygen atoms in total. The van der Waals surface area contributed by atoms with Crippen LogP contribution in [0.2, 0.25) is 0 Å². The van der Waals surface area contributed by atoms with E-state index in [1.807, 2.05) is 0 Å². The van der Waals surface area contributed by atoms with Gasteiger partial charge in [-0.05, 0) is 30.3 Å². The highest BCUT2D eigenvalue weighted by atomic mass is 32.1. The number of hydrogen-bond acceptors (Lipinski definition) is 7. The number of thiazole rings is 1. The van der Waals surface area contributed by atoms with E-state index in [2.05, 4.69) is 20.3 Å². The molecule has 3 aromatic heterocycles. The number of carbonyl (C=O) groups excluding carboxylic acids is 2. The van der Waals surface area contributed by atoms with Gasteiger partial charge in [0.2, 0.25) is 0 Å². The van der Waals surface area contributed by atoms with Gasteiger partial charge in [0, 0.05) is 11.6 Å². The second kappa shape index (κ2) is 9.11. The molecule has 0 aliphatic rings. The zero-order valence-electron chi connectivity index (χ0n) is 17.6. The van der Waals surface area contributed by atoms with Crippen LogP contribution in [0.25, 0.3) is 32.5 Å². The number of nitrogens with zero attached hydrogens (tertiary/aromatic N) is 3. The minimum Gasteiger partial charge on any atom is -0.452 e. The first-order chi connectivity index (χ1) is 16.9. The van der Waals surface area contributed by atoms with Crippen molar-refractivity contribution in [2.45, 2.75) is 0 Å². The second-order valence-electron chi connectivity index (χ2n) is 7.26. The quantitative estimate of drug-likeness (QED) is 0.269. The number of amides is 1. The number of ether oxygens (including phenoxy) is 1. The maximum absolute atomic E-state index is 13.9. The Kier molecular flexibility index (Phi) is 5.83. The summed E-state index contributed by atoms with van der Waals surface area (Å²) < 4.78 is 45.9. The van der Waals surface area contributed by atoms with Gasteiger partial charge in [0.1, 0.15) is 5.52 Å². The average molecular weight is 494 g/mol. The molecular formula is C24H13F3N4O3S. The van der Waals surface area contributed by atoms with Crippen molar-refractivity contribution in [1.29, 1.82) is 0 Å². The number of esters is 1. The van der Waals surface area contributed by atoms with Crippen molar-refractivity contribution >= 4 is 49.5 Å². The molecule has 1 amide bonds. The fourth-order valence-corrected chi connectivity index (χ4v) is 4.29. The summed E-state index contributed by atoms with van der Waals surface area (Å²) in [6.07, 6.45) is 1.60. The Morgan fingerprint density at radius 1 is 0.943 bits per heavy atom. The predicted molar refractivity (Wildman–Crippen MR) is 123 cm³/mol. The largest absolute Gasteiger partial charge is 0.452 e. The Labute approximate surface area is 199 Å². The van der Waals surface area contributed by atoms with Gasteiger partial charge in [0.05, 0.1) is 27.2 Å². The van der Waals surface area contributed by atoms with Crippen LogP contribution in [0.1, 0.15) is 10.4 Å². The summed E-state index contributed by atoms with van der Waals surface area (Å²) in [5.74, 6) is -5.99. The van der Waals surface area contributed by atoms with Crippen molar-refractivity contribution in [3.63, 3.8) is 0 Å². The molecule has 0 aliphatic heterocycles. The van der Waals surface area contributed by atoms with E-state index < -0.39 is 41.5 Å². The van der Waals surface area contributed by atoms with Crippen LogP contribution in [0.5, 0.6) is 0 Å². The van der Waals surface area contributed by atoms with Crippen molar-refractivity contribution in [1.82, 2.24) is 15.0 Å². The number of pyridine rings is 2. The molecule has 35 heavy (non-hydrogen) atoms. The number of aromatic nitrogens is 3. The van der Waals surface area contributed by atoms with Gasteiger partial charge in [-0.25, -0.2) is 27.9 Å². The van der Waals surface area contributed by atoms with Crippen LogP contribution in [0.15, 0.2) is 60.8 Å². The van der Waals surface area contributed by atoms with Gasteiger partial charge in [-0.3, -0.25) is 15.1 Å². The van der Waals surface area contributed by atoms with Crippen molar-refractivity contribution in [3.8, 4) is 11.4 Å². The van der Waals surface area contributed by atoms with Gasteiger partial charge in [-0.1, -0.05) is 35.6 Å². The van der Waals surface area contributed by atoms with E-state index in [-0.39, 0.29) is 15.4 Å². The molecule has 0 atom stereocenters. The maximum atomic E-state index is 13.9. The summed E-state index contributed by atoms with van der Waals surface area (Å²) >= 11 is 0.749. The van der Waals surface area contributed by atoms with Crippen LogP contribution < -0.4 is 5.32 Å². The Balaban J connectivity index is 1.35. The van der Waals surface area contributed by atoms with Crippen LogP contribution in [-0.2, 0) is 9.53 Å². The molecule has 1 N–H and O–H groups in total. The molecule has 0 aliphatic carbocycles. The summed E-state index contributed by atoms with van der Waals surface area (Å²) in [7, 11) is 0. The number of fused-ring (bicyclic) bond motifs is 2. The Hall–Kier alpha value is -4.38. The molecule has 0 saturated carbocycles. The lowest BCUT2D eigenvalue weighted by molar-refractivity contribution is -0.119. The molecule has 3 heterocycles. The number of benzene rings is 2. The Bertz CT molecular complexity index is 1610. The average Bonchev–Trinajstić information content (AvgIpc) is 3.27. The molecule has 11 heteroatoms. The van der Waals surface area contributed by atoms with Crippen molar-refractivity contribution in [2.24, 2.45) is 0 Å². The van der Waals surface area contributed by atoms with Crippen LogP contribution in [0.3, 0.4) is 0 Å². The lowest BCUT2D eigenvalue weighted by Crippen LogP contribution is -2.21. The molecular weight excluding hydrogens is 481 g/mol. The summed E-state index contributed by atoms with van der Waals surface area (Å²) in [4.78, 5) is 37.7. The third kappa shape index (κ3) is 4.41. The number of carbonyl (C=O) groups is 2. The first-order valence-electron chi connectivity index (χ1n) is 10.1. The van der Waals surface area contributed by atoms with Crippen molar-refractivity contribution in [2.75, 3.05) is 11.9 Å². The highest BCUT2D eigenvalue weighted by Crippen LogP contribution is 2.30. The number of para-hydroxylation sites is 1. The van der Waals surface area contributed by atoms with Crippen LogP contribution in [0.4, 0.5) is 18.3 Å². The van der Waals surface area contributed by atoms with E-state index in [1.165, 1.54) is 6.07 Å². The molecule has 0 saturated heterocycles. The summed E-state index contributed by atoms with van der Waals surface area (Å²) in [5, 5.41) is 2.77. The highest BCUT2D eigenvalue weighted by molar-refractivity contribution is 7.22. The van der Waals surface area contributed by atoms with Gasteiger partial charge >= 0.3 is 5.97 Å². The molecule has 0 bridgehead atoms. The fourth-order valence-electron chi connectivity index (χ4n) is 3.38. The molecule has 0 fully saturated rings. The van der Waals surface area contributed by atoms with Gasteiger partial charge in [0.15, 0.2) is 29.2 Å². The minimum atomic E-state index is -1.65. The monoisotopic (exact) mass is 494 g/mol. The van der Waals surface area contributed by atoms with E-state index in [0.29, 0.717) is 22.3 Å². The number of anilines is 1. The van der Waals surface area contributed by atoms with Crippen LogP contribution in [-0.4, -0.2) is 33.4 Å². The molecule has 5 aromatic rings. The minimum absolute atomic E-state index is 0.0130. The topological polar surface area (TPSA) is 94.1 Å². The second-order valence-corrected chi connectivity index (χ2v) is 8.29. The lowest BCUT2D eigenvalue weighted by atomic mass is 10.1. The first-order valence-corrected chi connectivity index (χ1v) is 10.9. The fraction of sp³-hybridized carbons (Fsp3) is 0.0417. The molecule has 0 unspecified atom stereocenters. The maximum Gasteiger partial charge on any atom is 0.339 e. The Morgan fingerprint density at radius 3 is 2.54 bits per heavy atom. The summed E-state index contributed by atoms with van der Waals surface area (Å²) in [6, 6.07) is 14.6. The molecule has 2 aromatic carbocycles. The molecule has 0 spiro atoms. The highest BCUT2D eigenvalue weighted by Gasteiger charge is 2.20. The van der Waals surface area contributed by atoms with Gasteiger partial charge in [0.25, 0.3) is 5.91 Å². The lowest BCUT2D eigenvalue weighted by Gasteiger charge is -2.09. The zero-order chi connectivity index (χ0) is 24.5. The Morgan fingerprint density at radius 2 is 1.74 bits per heavy atom. The van der Waals surface area contributed by atoms with E-state index >= 15 is 0 Å². The van der Waals surface area contributed by atoms with Crippen molar-refractivity contribution < 1.29 is 27.5 Å². The first kappa shape index (κ1) is 22.4. The third-order valence-corrected chi connectivity index (χ3v) is 5.88. The smallest absolute Gasteiger partial charge is 0.339 e. The molecule has 5 rings (SSSR count). The number of hydrogen-bond donors (Lipinski definition) is 1. The predicted octanol–water partition coefficient (Wildman–Crippen LogP) is 5.12. The normalized spacial score (nSPS) is 11.1. The van der Waals surface area contributed by atoms with E-state index in [1.54, 1.807) is 48.7 Å². The SMILES string of the molecule is O=C(COC(=O)c1cc(-c2ccccn2)nc2ccccc12)Nc1nc2c(F)c(F)c(F)cc2s1. The van der Waals surface area contributed by atoms with Crippen LogP contribution in [0, 0.1) is 17.5 Å². The number of halogens is 3. The van der Waals surface area contributed by atoms with Crippen LogP contribution >= 0.6 is 11.3 Å². The summed E-state index contributed by atoms with van der Waals surface area (Å²) in [6.45, 7) is -0.671. The standard InChI is InChI=1S/C24H13F3N4O3S/c25-14-10-18-22(21(27)20(14)26)31-24(35-18)30-19(32)11-34-23(33)13-9-17(16-7-3-4-8-28-16)29-15-6-2-1-5-12(13)15/h1-10H,11H2,(H,30,31,32). The van der Waals surface area contributed by atoms with Gasteiger partial charge in [-0.15, -0.1) is 0 Å². The van der Waals surface area contributed by atoms with E-state index in [4.69, 9.17) is 4.74 Å².